The number of benzene rings is 3. The van der Waals surface area contributed by atoms with Crippen LogP contribution in [0.1, 0.15) is 30.4 Å². The predicted octanol–water partition coefficient (Wildman–Crippen LogP) is 4.26. The van der Waals surface area contributed by atoms with Gasteiger partial charge in [0.25, 0.3) is 0 Å². The summed E-state index contributed by atoms with van der Waals surface area (Å²) in [7, 11) is 1.64. The molecule has 1 saturated carbocycles. The molecule has 2 atom stereocenters. The number of rotatable bonds is 9. The van der Waals surface area contributed by atoms with Gasteiger partial charge in [-0.05, 0) is 47.1 Å². The van der Waals surface area contributed by atoms with Crippen LogP contribution in [-0.4, -0.2) is 18.9 Å². The van der Waals surface area contributed by atoms with E-state index in [1.165, 1.54) is 0 Å². The van der Waals surface area contributed by atoms with Crippen molar-refractivity contribution in [2.45, 2.75) is 32.1 Å². The van der Waals surface area contributed by atoms with Crippen LogP contribution in [0.25, 0.3) is 10.8 Å². The van der Waals surface area contributed by atoms with E-state index in [4.69, 9.17) is 5.73 Å². The fourth-order valence-corrected chi connectivity index (χ4v) is 4.81. The molecule has 0 saturated heterocycles. The van der Waals surface area contributed by atoms with Crippen LogP contribution in [0.5, 0.6) is 0 Å². The number of fused-ring (bicyclic) bond motifs is 1. The molecule has 4 rings (SSSR count). The Labute approximate surface area is 183 Å². The Morgan fingerprint density at radius 1 is 0.968 bits per heavy atom. The number of carbonyl (C=O) groups is 2. The van der Waals surface area contributed by atoms with Gasteiger partial charge in [0.2, 0.25) is 11.8 Å². The summed E-state index contributed by atoms with van der Waals surface area (Å²) in [6, 6.07) is 24.4. The van der Waals surface area contributed by atoms with E-state index in [0.717, 1.165) is 34.7 Å². The van der Waals surface area contributed by atoms with Gasteiger partial charge in [0, 0.05) is 7.05 Å². The molecular formula is C27H30N2O2. The molecule has 31 heavy (non-hydrogen) atoms. The van der Waals surface area contributed by atoms with Gasteiger partial charge in [-0.2, -0.15) is 0 Å². The molecule has 0 aliphatic heterocycles. The molecule has 0 heterocycles. The number of nitrogens with two attached hydrogens (primary N) is 1. The first-order chi connectivity index (χ1) is 15.0. The van der Waals surface area contributed by atoms with Gasteiger partial charge in [0.1, 0.15) is 0 Å². The normalized spacial score (nSPS) is 16.4. The molecule has 0 spiro atoms. The molecule has 4 nitrogen and oxygen atoms in total. The average molecular weight is 415 g/mol. The van der Waals surface area contributed by atoms with Gasteiger partial charge >= 0.3 is 0 Å². The van der Waals surface area contributed by atoms with Crippen molar-refractivity contribution < 1.29 is 9.59 Å². The molecule has 3 aromatic carbocycles. The molecular weight excluding hydrogens is 384 g/mol. The third kappa shape index (κ3) is 4.63. The Morgan fingerprint density at radius 3 is 2.29 bits per heavy atom. The molecule has 0 aromatic heterocycles. The number of amides is 2. The Morgan fingerprint density at radius 2 is 1.65 bits per heavy atom. The van der Waals surface area contributed by atoms with E-state index in [2.05, 4.69) is 35.6 Å². The van der Waals surface area contributed by atoms with Crippen LogP contribution < -0.4 is 11.1 Å². The Balaban J connectivity index is 1.75. The van der Waals surface area contributed by atoms with E-state index >= 15 is 0 Å². The molecule has 160 valence electrons. The van der Waals surface area contributed by atoms with Crippen molar-refractivity contribution >= 4 is 22.6 Å². The van der Waals surface area contributed by atoms with E-state index in [9.17, 15) is 9.59 Å². The van der Waals surface area contributed by atoms with Crippen molar-refractivity contribution in [3.8, 4) is 0 Å². The first-order valence-corrected chi connectivity index (χ1v) is 11.0. The second kappa shape index (κ2) is 8.93. The SMILES string of the molecule is CNC(=O)C(Cc1ccc2ccccc2c1)C(Cc1ccccc1)(CC1CC1)C(N)=O. The van der Waals surface area contributed by atoms with Crippen LogP contribution in [-0.2, 0) is 22.4 Å². The molecule has 3 N–H and O–H groups in total. The highest BCUT2D eigenvalue weighted by molar-refractivity contribution is 5.90. The van der Waals surface area contributed by atoms with E-state index in [0.29, 0.717) is 25.2 Å². The van der Waals surface area contributed by atoms with E-state index in [1.807, 2.05) is 42.5 Å². The van der Waals surface area contributed by atoms with Crippen molar-refractivity contribution in [2.24, 2.45) is 23.0 Å². The third-order valence-electron chi connectivity index (χ3n) is 6.69. The summed E-state index contributed by atoms with van der Waals surface area (Å²) in [5, 5.41) is 5.10. The van der Waals surface area contributed by atoms with Crippen LogP contribution in [0.15, 0.2) is 72.8 Å². The highest BCUT2D eigenvalue weighted by atomic mass is 16.2. The molecule has 0 radical (unpaired) electrons. The number of hydrogen-bond donors (Lipinski definition) is 2. The first kappa shape index (κ1) is 21.1. The molecule has 4 heteroatoms. The summed E-state index contributed by atoms with van der Waals surface area (Å²) < 4.78 is 0. The molecule has 3 aromatic rings. The minimum Gasteiger partial charge on any atom is -0.369 e. The Kier molecular flexibility index (Phi) is 6.08. The minimum atomic E-state index is -0.922. The van der Waals surface area contributed by atoms with E-state index in [1.54, 1.807) is 7.05 Å². The molecule has 0 bridgehead atoms. The van der Waals surface area contributed by atoms with Crippen molar-refractivity contribution in [3.05, 3.63) is 83.9 Å². The van der Waals surface area contributed by atoms with Crippen LogP contribution in [0.4, 0.5) is 0 Å². The maximum Gasteiger partial charge on any atom is 0.224 e. The Bertz CT molecular complexity index is 1070. The standard InChI is InChI=1S/C27H30N2O2/c1-29-25(30)24(16-21-13-14-22-9-5-6-10-23(22)15-21)27(26(28)31,18-20-11-12-20)17-19-7-3-2-4-8-19/h2-10,13-15,20,24H,11-12,16-18H2,1H3,(H2,28,31)(H,29,30). The maximum atomic E-state index is 13.2. The van der Waals surface area contributed by atoms with Crippen LogP contribution in [0.3, 0.4) is 0 Å². The second-order valence-electron chi connectivity index (χ2n) is 8.88. The number of hydrogen-bond acceptors (Lipinski definition) is 2. The van der Waals surface area contributed by atoms with Crippen molar-refractivity contribution in [1.82, 2.24) is 5.32 Å². The summed E-state index contributed by atoms with van der Waals surface area (Å²) in [5.74, 6) is -0.571. The summed E-state index contributed by atoms with van der Waals surface area (Å²) in [4.78, 5) is 26.3. The maximum absolute atomic E-state index is 13.2. The van der Waals surface area contributed by atoms with Gasteiger partial charge in [-0.15, -0.1) is 0 Å². The molecule has 2 amide bonds. The van der Waals surface area contributed by atoms with E-state index < -0.39 is 11.3 Å². The topological polar surface area (TPSA) is 72.2 Å². The summed E-state index contributed by atoms with van der Waals surface area (Å²) in [6.07, 6.45) is 3.81. The van der Waals surface area contributed by atoms with Crippen molar-refractivity contribution in [3.63, 3.8) is 0 Å². The molecule has 1 aliphatic carbocycles. The van der Waals surface area contributed by atoms with Gasteiger partial charge in [-0.25, -0.2) is 0 Å². The fraction of sp³-hybridized carbons (Fsp3) is 0.333. The minimum absolute atomic E-state index is 0.122. The lowest BCUT2D eigenvalue weighted by Crippen LogP contribution is -2.51. The van der Waals surface area contributed by atoms with Gasteiger partial charge < -0.3 is 11.1 Å². The summed E-state index contributed by atoms with van der Waals surface area (Å²) in [6.45, 7) is 0. The smallest absolute Gasteiger partial charge is 0.224 e. The zero-order valence-electron chi connectivity index (χ0n) is 18.0. The zero-order valence-corrected chi connectivity index (χ0v) is 18.0. The van der Waals surface area contributed by atoms with Gasteiger partial charge in [0.05, 0.1) is 11.3 Å². The highest BCUT2D eigenvalue weighted by Gasteiger charge is 2.50. The summed E-state index contributed by atoms with van der Waals surface area (Å²) >= 11 is 0. The van der Waals surface area contributed by atoms with Crippen molar-refractivity contribution in [1.29, 1.82) is 0 Å². The first-order valence-electron chi connectivity index (χ1n) is 11.0. The molecule has 1 fully saturated rings. The van der Waals surface area contributed by atoms with Crippen LogP contribution in [0, 0.1) is 17.3 Å². The van der Waals surface area contributed by atoms with E-state index in [-0.39, 0.29) is 11.8 Å². The molecule has 2 unspecified atom stereocenters. The Hall–Kier alpha value is -3.14. The number of carbonyl (C=O) groups excluding carboxylic acids is 2. The summed E-state index contributed by atoms with van der Waals surface area (Å²) in [5.41, 5.74) is 7.27. The number of primary amides is 1. The molecule has 1 aliphatic rings. The van der Waals surface area contributed by atoms with Crippen LogP contribution >= 0.6 is 0 Å². The largest absolute Gasteiger partial charge is 0.369 e. The lowest BCUT2D eigenvalue weighted by molar-refractivity contribution is -0.141. The average Bonchev–Trinajstić information content (AvgIpc) is 3.61. The number of nitrogens with one attached hydrogen (secondary N) is 1. The second-order valence-corrected chi connectivity index (χ2v) is 8.88. The van der Waals surface area contributed by atoms with Crippen LogP contribution in [0.2, 0.25) is 0 Å². The lowest BCUT2D eigenvalue weighted by Gasteiger charge is -2.38. The third-order valence-corrected chi connectivity index (χ3v) is 6.69. The highest BCUT2D eigenvalue weighted by Crippen LogP contribution is 2.47. The predicted molar refractivity (Wildman–Crippen MR) is 124 cm³/mol. The lowest BCUT2D eigenvalue weighted by atomic mass is 9.65. The van der Waals surface area contributed by atoms with Crippen molar-refractivity contribution in [2.75, 3.05) is 7.05 Å². The fourth-order valence-electron chi connectivity index (χ4n) is 4.81. The quantitative estimate of drug-likeness (QED) is 0.549. The zero-order chi connectivity index (χ0) is 21.8. The van der Waals surface area contributed by atoms with Gasteiger partial charge in [-0.1, -0.05) is 85.6 Å². The monoisotopic (exact) mass is 414 g/mol. The van der Waals surface area contributed by atoms with Gasteiger partial charge in [-0.3, -0.25) is 9.59 Å². The van der Waals surface area contributed by atoms with Gasteiger partial charge in [0.15, 0.2) is 0 Å².